The van der Waals surface area contributed by atoms with Crippen molar-refractivity contribution in [3.8, 4) is 0 Å². The summed E-state index contributed by atoms with van der Waals surface area (Å²) in [6.07, 6.45) is -0.122. The van der Waals surface area contributed by atoms with Crippen LogP contribution in [0.4, 0.5) is 4.39 Å². The maximum absolute atomic E-state index is 13.0. The minimum Gasteiger partial charge on any atom is -0.387 e. The van der Waals surface area contributed by atoms with Gasteiger partial charge >= 0.3 is 0 Å². The first kappa shape index (κ1) is 13.5. The molecule has 96 valence electrons. The molecule has 0 aliphatic rings. The number of halogens is 2. The molecule has 0 amide bonds. The molecule has 0 saturated heterocycles. The topological polar surface area (TPSA) is 20.2 Å². The molecule has 0 radical (unpaired) electrons. The van der Waals surface area contributed by atoms with E-state index in [9.17, 15) is 9.50 Å². The Balaban J connectivity index is 2.15. The van der Waals surface area contributed by atoms with Crippen molar-refractivity contribution in [3.05, 3.63) is 56.0 Å². The summed E-state index contributed by atoms with van der Waals surface area (Å²) in [7, 11) is 0. The van der Waals surface area contributed by atoms with Gasteiger partial charge < -0.3 is 5.11 Å². The highest BCUT2D eigenvalue weighted by atomic mass is 35.5. The molecule has 1 aromatic carbocycles. The molecular weight excluding hydrogens is 271 g/mol. The maximum atomic E-state index is 13.0. The number of hydrogen-bond acceptors (Lipinski definition) is 2. The van der Waals surface area contributed by atoms with E-state index in [1.807, 2.05) is 19.9 Å². The first-order valence-electron chi connectivity index (χ1n) is 5.66. The Morgan fingerprint density at radius 2 is 2.06 bits per heavy atom. The molecule has 0 aliphatic heterocycles. The van der Waals surface area contributed by atoms with E-state index in [-0.39, 0.29) is 5.02 Å². The third-order valence-electron chi connectivity index (χ3n) is 2.93. The summed E-state index contributed by atoms with van der Waals surface area (Å²) in [4.78, 5) is 2.15. The fraction of sp³-hybridized carbons (Fsp3) is 0.286. The van der Waals surface area contributed by atoms with Crippen molar-refractivity contribution in [3.63, 3.8) is 0 Å². The predicted octanol–water partition coefficient (Wildman–Crippen LogP) is 4.43. The first-order chi connectivity index (χ1) is 8.47. The monoisotopic (exact) mass is 284 g/mol. The Labute approximate surface area is 115 Å². The zero-order valence-electron chi connectivity index (χ0n) is 10.2. The maximum Gasteiger partial charge on any atom is 0.141 e. The van der Waals surface area contributed by atoms with Crippen LogP contribution in [0.15, 0.2) is 24.3 Å². The van der Waals surface area contributed by atoms with Crippen molar-refractivity contribution < 1.29 is 9.50 Å². The third-order valence-corrected chi connectivity index (χ3v) is 4.47. The van der Waals surface area contributed by atoms with Gasteiger partial charge in [0.15, 0.2) is 0 Å². The normalized spacial score (nSPS) is 12.7. The van der Waals surface area contributed by atoms with Crippen molar-refractivity contribution in [2.24, 2.45) is 0 Å². The lowest BCUT2D eigenvalue weighted by atomic mass is 10.1. The van der Waals surface area contributed by atoms with Crippen LogP contribution in [0.1, 0.15) is 27.0 Å². The molecule has 0 fully saturated rings. The van der Waals surface area contributed by atoms with Gasteiger partial charge in [0.2, 0.25) is 0 Å². The van der Waals surface area contributed by atoms with Crippen molar-refractivity contribution in [2.75, 3.05) is 0 Å². The van der Waals surface area contributed by atoms with Gasteiger partial charge in [0, 0.05) is 16.2 Å². The fourth-order valence-electron chi connectivity index (χ4n) is 1.76. The van der Waals surface area contributed by atoms with Crippen LogP contribution in [0.25, 0.3) is 0 Å². The molecule has 1 N–H and O–H groups in total. The Bertz CT molecular complexity index is 545. The fourth-order valence-corrected chi connectivity index (χ4v) is 2.99. The minimum absolute atomic E-state index is 0.0956. The van der Waals surface area contributed by atoms with Crippen LogP contribution in [-0.4, -0.2) is 5.11 Å². The summed E-state index contributed by atoms with van der Waals surface area (Å²) in [5, 5.41) is 10.2. The number of rotatable bonds is 3. The number of benzene rings is 1. The van der Waals surface area contributed by atoms with Crippen molar-refractivity contribution in [1.82, 2.24) is 0 Å². The average molecular weight is 285 g/mol. The summed E-state index contributed by atoms with van der Waals surface area (Å²) >= 11 is 7.31. The van der Waals surface area contributed by atoms with Crippen molar-refractivity contribution >= 4 is 22.9 Å². The van der Waals surface area contributed by atoms with Gasteiger partial charge in [-0.05, 0) is 43.2 Å². The quantitative estimate of drug-likeness (QED) is 0.884. The molecule has 18 heavy (non-hydrogen) atoms. The number of aryl methyl sites for hydroxylation is 2. The molecule has 1 aromatic heterocycles. The molecule has 1 atom stereocenters. The van der Waals surface area contributed by atoms with E-state index in [4.69, 9.17) is 11.6 Å². The van der Waals surface area contributed by atoms with E-state index in [1.54, 1.807) is 23.5 Å². The molecule has 1 heterocycles. The van der Waals surface area contributed by atoms with Crippen LogP contribution < -0.4 is 0 Å². The Hall–Kier alpha value is -0.900. The lowest BCUT2D eigenvalue weighted by Gasteiger charge is -2.09. The minimum atomic E-state index is -0.566. The van der Waals surface area contributed by atoms with Crippen molar-refractivity contribution in [1.29, 1.82) is 0 Å². The molecule has 1 unspecified atom stereocenters. The van der Waals surface area contributed by atoms with Gasteiger partial charge in [0.25, 0.3) is 0 Å². The first-order valence-corrected chi connectivity index (χ1v) is 6.85. The average Bonchev–Trinajstić information content (AvgIpc) is 2.65. The standard InChI is InChI=1S/C14H14ClFOS/c1-8-5-14(18-9(8)2)13(17)7-10-3-4-12(16)11(15)6-10/h3-6,13,17H,7H2,1-2H3. The van der Waals surface area contributed by atoms with Gasteiger partial charge in [-0.15, -0.1) is 11.3 Å². The molecular formula is C14H14ClFOS. The largest absolute Gasteiger partial charge is 0.387 e. The SMILES string of the molecule is Cc1cc(C(O)Cc2ccc(F)c(Cl)c2)sc1C. The van der Waals surface area contributed by atoms with Gasteiger partial charge in [0.05, 0.1) is 11.1 Å². The third kappa shape index (κ3) is 2.91. The van der Waals surface area contributed by atoms with E-state index < -0.39 is 11.9 Å². The Morgan fingerprint density at radius 3 is 2.61 bits per heavy atom. The van der Waals surface area contributed by atoms with Gasteiger partial charge in [-0.1, -0.05) is 17.7 Å². The van der Waals surface area contributed by atoms with Crippen LogP contribution in [0.5, 0.6) is 0 Å². The predicted molar refractivity (Wildman–Crippen MR) is 73.9 cm³/mol. The lowest BCUT2D eigenvalue weighted by molar-refractivity contribution is 0.182. The number of aliphatic hydroxyl groups excluding tert-OH is 1. The second-order valence-corrected chi connectivity index (χ2v) is 6.05. The molecule has 1 nitrogen and oxygen atoms in total. The number of aliphatic hydroxyl groups is 1. The molecule has 4 heteroatoms. The highest BCUT2D eigenvalue weighted by Gasteiger charge is 2.13. The molecule has 0 spiro atoms. The van der Waals surface area contributed by atoms with E-state index in [2.05, 4.69) is 0 Å². The summed E-state index contributed by atoms with van der Waals surface area (Å²) in [5.41, 5.74) is 2.02. The van der Waals surface area contributed by atoms with Gasteiger partial charge in [-0.3, -0.25) is 0 Å². The Kier molecular flexibility index (Phi) is 4.05. The number of hydrogen-bond donors (Lipinski definition) is 1. The molecule has 0 bridgehead atoms. The summed E-state index contributed by atoms with van der Waals surface area (Å²) in [6, 6.07) is 6.54. The zero-order chi connectivity index (χ0) is 13.3. The smallest absolute Gasteiger partial charge is 0.141 e. The van der Waals surface area contributed by atoms with Crippen LogP contribution in [-0.2, 0) is 6.42 Å². The van der Waals surface area contributed by atoms with Crippen LogP contribution in [0, 0.1) is 19.7 Å². The number of thiophene rings is 1. The Morgan fingerprint density at radius 1 is 1.33 bits per heavy atom. The van der Waals surface area contributed by atoms with Gasteiger partial charge in [-0.25, -0.2) is 4.39 Å². The summed E-state index contributed by atoms with van der Waals surface area (Å²) in [5.74, 6) is -0.433. The zero-order valence-corrected chi connectivity index (χ0v) is 11.8. The van der Waals surface area contributed by atoms with Crippen LogP contribution in [0.2, 0.25) is 5.02 Å². The van der Waals surface area contributed by atoms with Gasteiger partial charge in [-0.2, -0.15) is 0 Å². The van der Waals surface area contributed by atoms with E-state index in [0.717, 1.165) is 10.4 Å². The molecule has 2 aromatic rings. The van der Waals surface area contributed by atoms with Crippen LogP contribution >= 0.6 is 22.9 Å². The van der Waals surface area contributed by atoms with E-state index in [0.29, 0.717) is 6.42 Å². The van der Waals surface area contributed by atoms with E-state index in [1.165, 1.54) is 16.5 Å². The summed E-state index contributed by atoms with van der Waals surface area (Å²) in [6.45, 7) is 4.06. The second kappa shape index (κ2) is 5.39. The van der Waals surface area contributed by atoms with E-state index >= 15 is 0 Å². The summed E-state index contributed by atoms with van der Waals surface area (Å²) < 4.78 is 13.0. The molecule has 0 saturated carbocycles. The second-order valence-electron chi connectivity index (χ2n) is 4.36. The van der Waals surface area contributed by atoms with Crippen LogP contribution in [0.3, 0.4) is 0 Å². The lowest BCUT2D eigenvalue weighted by Crippen LogP contribution is -1.99. The van der Waals surface area contributed by atoms with Crippen molar-refractivity contribution in [2.45, 2.75) is 26.4 Å². The molecule has 2 rings (SSSR count). The molecule has 0 aliphatic carbocycles. The highest BCUT2D eigenvalue weighted by Crippen LogP contribution is 2.29. The van der Waals surface area contributed by atoms with Gasteiger partial charge in [0.1, 0.15) is 5.82 Å². The highest BCUT2D eigenvalue weighted by molar-refractivity contribution is 7.12.